The highest BCUT2D eigenvalue weighted by molar-refractivity contribution is 6.39. The Bertz CT molecular complexity index is 820. The molecule has 122 valence electrons. The summed E-state index contributed by atoms with van der Waals surface area (Å²) in [4.78, 5) is 8.39. The minimum Gasteiger partial charge on any atom is -0.497 e. The van der Waals surface area contributed by atoms with Gasteiger partial charge in [-0.05, 0) is 36.4 Å². The quantitative estimate of drug-likeness (QED) is 0.648. The fourth-order valence-electron chi connectivity index (χ4n) is 2.06. The summed E-state index contributed by atoms with van der Waals surface area (Å²) in [5.41, 5.74) is 1.49. The molecule has 0 unspecified atom stereocenters. The minimum absolute atomic E-state index is 0.519. The standard InChI is InChI=1S/C17H14Cl2N4O/c1-24-12-7-5-11(6-8-12)22-15-9-16(21-10-20-15)23-17-13(18)3-2-4-14(17)19/h2-10H,1H3,(H2,20,21,22,23). The van der Waals surface area contributed by atoms with E-state index >= 15 is 0 Å². The monoisotopic (exact) mass is 360 g/mol. The van der Waals surface area contributed by atoms with Crippen molar-refractivity contribution in [2.24, 2.45) is 0 Å². The number of nitrogens with one attached hydrogen (secondary N) is 2. The van der Waals surface area contributed by atoms with Crippen LogP contribution in [0.15, 0.2) is 54.9 Å². The van der Waals surface area contributed by atoms with Crippen LogP contribution in [-0.2, 0) is 0 Å². The molecule has 0 amide bonds. The summed E-state index contributed by atoms with van der Waals surface area (Å²) in [6, 6.07) is 14.6. The van der Waals surface area contributed by atoms with Crippen molar-refractivity contribution in [1.82, 2.24) is 9.97 Å². The second kappa shape index (κ2) is 7.38. The highest BCUT2D eigenvalue weighted by Gasteiger charge is 2.07. The average molecular weight is 361 g/mol. The van der Waals surface area contributed by atoms with Gasteiger partial charge in [0.05, 0.1) is 22.8 Å². The molecule has 0 aliphatic rings. The van der Waals surface area contributed by atoms with E-state index in [0.29, 0.717) is 27.4 Å². The summed E-state index contributed by atoms with van der Waals surface area (Å²) < 4.78 is 5.14. The molecule has 3 rings (SSSR count). The van der Waals surface area contributed by atoms with Crippen LogP contribution in [0.25, 0.3) is 0 Å². The van der Waals surface area contributed by atoms with E-state index in [1.165, 1.54) is 6.33 Å². The number of hydrogen-bond acceptors (Lipinski definition) is 5. The van der Waals surface area contributed by atoms with E-state index in [0.717, 1.165) is 11.4 Å². The van der Waals surface area contributed by atoms with Crippen LogP contribution in [0.3, 0.4) is 0 Å². The third-order valence-electron chi connectivity index (χ3n) is 3.25. The van der Waals surface area contributed by atoms with Crippen LogP contribution in [-0.4, -0.2) is 17.1 Å². The van der Waals surface area contributed by atoms with Crippen LogP contribution in [0, 0.1) is 0 Å². The first kappa shape index (κ1) is 16.4. The van der Waals surface area contributed by atoms with Crippen molar-refractivity contribution in [3.63, 3.8) is 0 Å². The fourth-order valence-corrected chi connectivity index (χ4v) is 2.55. The van der Waals surface area contributed by atoms with Gasteiger partial charge >= 0.3 is 0 Å². The molecule has 0 aliphatic carbocycles. The van der Waals surface area contributed by atoms with Gasteiger partial charge in [-0.2, -0.15) is 0 Å². The molecule has 1 heterocycles. The Morgan fingerprint density at radius 1 is 0.875 bits per heavy atom. The Labute approximate surface area is 149 Å². The molecule has 0 spiro atoms. The number of hydrogen-bond donors (Lipinski definition) is 2. The molecule has 0 saturated heterocycles. The Kier molecular flexibility index (Phi) is 5.03. The molecule has 0 aliphatic heterocycles. The summed E-state index contributed by atoms with van der Waals surface area (Å²) in [7, 11) is 1.63. The molecule has 2 N–H and O–H groups in total. The van der Waals surface area contributed by atoms with E-state index in [1.807, 2.05) is 24.3 Å². The second-order valence-electron chi connectivity index (χ2n) is 4.86. The predicted octanol–water partition coefficient (Wildman–Crippen LogP) is 5.28. The largest absolute Gasteiger partial charge is 0.497 e. The van der Waals surface area contributed by atoms with Gasteiger partial charge in [-0.1, -0.05) is 29.3 Å². The fraction of sp³-hybridized carbons (Fsp3) is 0.0588. The van der Waals surface area contributed by atoms with E-state index in [1.54, 1.807) is 31.4 Å². The Morgan fingerprint density at radius 2 is 1.50 bits per heavy atom. The molecule has 7 heteroatoms. The summed E-state index contributed by atoms with van der Waals surface area (Å²) in [5, 5.41) is 7.35. The number of para-hydroxylation sites is 1. The number of halogens is 2. The normalized spacial score (nSPS) is 10.3. The molecule has 0 atom stereocenters. The average Bonchev–Trinajstić information content (AvgIpc) is 2.59. The first-order valence-corrected chi connectivity index (χ1v) is 7.85. The molecule has 0 bridgehead atoms. The van der Waals surface area contributed by atoms with Crippen LogP contribution in [0.5, 0.6) is 5.75 Å². The van der Waals surface area contributed by atoms with Crippen LogP contribution in [0.4, 0.5) is 23.0 Å². The number of methoxy groups -OCH3 is 1. The number of benzene rings is 2. The van der Waals surface area contributed by atoms with E-state index in [4.69, 9.17) is 27.9 Å². The third-order valence-corrected chi connectivity index (χ3v) is 3.88. The van der Waals surface area contributed by atoms with Crippen molar-refractivity contribution in [3.8, 4) is 5.75 Å². The maximum Gasteiger partial charge on any atom is 0.135 e. The molecule has 0 radical (unpaired) electrons. The van der Waals surface area contributed by atoms with Crippen molar-refractivity contribution in [2.75, 3.05) is 17.7 Å². The van der Waals surface area contributed by atoms with Crippen LogP contribution in [0.1, 0.15) is 0 Å². The third kappa shape index (κ3) is 3.88. The first-order chi connectivity index (χ1) is 11.7. The zero-order valence-electron chi connectivity index (χ0n) is 12.8. The van der Waals surface area contributed by atoms with Gasteiger partial charge in [-0.25, -0.2) is 9.97 Å². The maximum atomic E-state index is 6.16. The molecule has 5 nitrogen and oxygen atoms in total. The smallest absolute Gasteiger partial charge is 0.135 e. The SMILES string of the molecule is COc1ccc(Nc2cc(Nc3c(Cl)cccc3Cl)ncn2)cc1. The van der Waals surface area contributed by atoms with Gasteiger partial charge in [0, 0.05) is 11.8 Å². The van der Waals surface area contributed by atoms with Gasteiger partial charge < -0.3 is 15.4 Å². The molecule has 2 aromatic carbocycles. The topological polar surface area (TPSA) is 59.1 Å². The lowest BCUT2D eigenvalue weighted by Crippen LogP contribution is -1.99. The lowest BCUT2D eigenvalue weighted by molar-refractivity contribution is 0.415. The second-order valence-corrected chi connectivity index (χ2v) is 5.68. The van der Waals surface area contributed by atoms with Crippen LogP contribution in [0.2, 0.25) is 10.0 Å². The Balaban J connectivity index is 1.78. The zero-order chi connectivity index (χ0) is 16.9. The lowest BCUT2D eigenvalue weighted by atomic mass is 10.3. The van der Waals surface area contributed by atoms with Crippen molar-refractivity contribution in [1.29, 1.82) is 0 Å². The summed E-state index contributed by atoms with van der Waals surface area (Å²) >= 11 is 12.3. The van der Waals surface area contributed by atoms with Gasteiger partial charge in [0.2, 0.25) is 0 Å². The van der Waals surface area contributed by atoms with Gasteiger partial charge in [0.15, 0.2) is 0 Å². The molecular formula is C17H14Cl2N4O. The van der Waals surface area contributed by atoms with Gasteiger partial charge in [0.1, 0.15) is 23.7 Å². The van der Waals surface area contributed by atoms with Crippen LogP contribution < -0.4 is 15.4 Å². The number of rotatable bonds is 5. The minimum atomic E-state index is 0.519. The summed E-state index contributed by atoms with van der Waals surface area (Å²) in [6.45, 7) is 0. The van der Waals surface area contributed by atoms with Crippen molar-refractivity contribution < 1.29 is 4.74 Å². The molecular weight excluding hydrogens is 347 g/mol. The first-order valence-electron chi connectivity index (χ1n) is 7.10. The van der Waals surface area contributed by atoms with Gasteiger partial charge in [-0.15, -0.1) is 0 Å². The van der Waals surface area contributed by atoms with Gasteiger partial charge in [0.25, 0.3) is 0 Å². The number of aromatic nitrogens is 2. The van der Waals surface area contributed by atoms with Crippen molar-refractivity contribution in [3.05, 3.63) is 64.9 Å². The molecule has 3 aromatic rings. The molecule has 1 aromatic heterocycles. The number of anilines is 4. The number of nitrogens with zero attached hydrogens (tertiary/aromatic N) is 2. The summed E-state index contributed by atoms with van der Waals surface area (Å²) in [5.74, 6) is 2.01. The lowest BCUT2D eigenvalue weighted by Gasteiger charge is -2.11. The highest BCUT2D eigenvalue weighted by Crippen LogP contribution is 2.32. The van der Waals surface area contributed by atoms with E-state index < -0.39 is 0 Å². The van der Waals surface area contributed by atoms with E-state index in [9.17, 15) is 0 Å². The molecule has 0 saturated carbocycles. The summed E-state index contributed by atoms with van der Waals surface area (Å²) in [6.07, 6.45) is 1.46. The predicted molar refractivity (Wildman–Crippen MR) is 98.1 cm³/mol. The van der Waals surface area contributed by atoms with Crippen molar-refractivity contribution in [2.45, 2.75) is 0 Å². The van der Waals surface area contributed by atoms with E-state index in [2.05, 4.69) is 20.6 Å². The number of ether oxygens (including phenoxy) is 1. The van der Waals surface area contributed by atoms with E-state index in [-0.39, 0.29) is 0 Å². The van der Waals surface area contributed by atoms with Crippen molar-refractivity contribution >= 4 is 46.2 Å². The molecule has 0 fully saturated rings. The highest BCUT2D eigenvalue weighted by atomic mass is 35.5. The Hall–Kier alpha value is -2.50. The van der Waals surface area contributed by atoms with Crippen LogP contribution >= 0.6 is 23.2 Å². The zero-order valence-corrected chi connectivity index (χ0v) is 14.3. The van der Waals surface area contributed by atoms with Gasteiger partial charge in [-0.3, -0.25) is 0 Å². The Morgan fingerprint density at radius 3 is 2.12 bits per heavy atom. The maximum absolute atomic E-state index is 6.16. The molecule has 24 heavy (non-hydrogen) atoms.